The number of amides is 2. The van der Waals surface area contributed by atoms with E-state index in [9.17, 15) is 19.5 Å². The van der Waals surface area contributed by atoms with Gasteiger partial charge in [0.05, 0.1) is 11.5 Å². The van der Waals surface area contributed by atoms with Crippen LogP contribution >= 0.6 is 0 Å². The van der Waals surface area contributed by atoms with Gasteiger partial charge < -0.3 is 15.7 Å². The van der Waals surface area contributed by atoms with E-state index in [1.165, 1.54) is 25.1 Å². The molecule has 1 fully saturated rings. The van der Waals surface area contributed by atoms with Gasteiger partial charge in [-0.25, -0.2) is 4.39 Å². The SMILES string of the molecule is Cc1ccc(C)c(NC(=O)C2C(=O)CC(C)(O)C(C(=O)Nc3cc(C)ccc3C)C2c2ccccc2F)c1. The van der Waals surface area contributed by atoms with E-state index in [4.69, 9.17) is 0 Å². The van der Waals surface area contributed by atoms with E-state index in [1.807, 2.05) is 52.0 Å². The fourth-order valence-corrected chi connectivity index (χ4v) is 5.37. The normalized spacial score (nSPS) is 23.1. The van der Waals surface area contributed by atoms with Gasteiger partial charge >= 0.3 is 0 Å². The maximum atomic E-state index is 15.3. The average Bonchev–Trinajstić information content (AvgIpc) is 2.82. The summed E-state index contributed by atoms with van der Waals surface area (Å²) < 4.78 is 15.3. The number of halogens is 1. The number of aryl methyl sites for hydroxylation is 4. The van der Waals surface area contributed by atoms with Crippen molar-refractivity contribution in [2.45, 2.75) is 52.6 Å². The summed E-state index contributed by atoms with van der Waals surface area (Å²) in [4.78, 5) is 41.0. The highest BCUT2D eigenvalue weighted by Crippen LogP contribution is 2.47. The Kier molecular flexibility index (Phi) is 7.51. The molecule has 4 rings (SSSR count). The van der Waals surface area contributed by atoms with Crippen LogP contribution in [0.25, 0.3) is 0 Å². The standard InChI is InChI=1S/C31H33FN2O4/c1-17-10-12-19(3)23(14-17)33-29(36)27-25(35)16-31(5,38)28(26(27)21-8-6-7-9-22(21)32)30(37)34-24-15-18(2)11-13-20(24)4/h6-15,26-28,38H,16H2,1-5H3,(H,33,36)(H,34,37). The van der Waals surface area contributed by atoms with E-state index >= 15 is 4.39 Å². The number of carbonyl (C=O) groups is 3. The predicted molar refractivity (Wildman–Crippen MR) is 145 cm³/mol. The Morgan fingerprint density at radius 1 is 0.868 bits per heavy atom. The summed E-state index contributed by atoms with van der Waals surface area (Å²) in [5.74, 6) is -6.35. The van der Waals surface area contributed by atoms with Crippen LogP contribution < -0.4 is 10.6 Å². The van der Waals surface area contributed by atoms with Crippen molar-refractivity contribution in [3.8, 4) is 0 Å². The minimum atomic E-state index is -1.82. The number of anilines is 2. The van der Waals surface area contributed by atoms with Crippen molar-refractivity contribution in [1.82, 2.24) is 0 Å². The number of benzene rings is 3. The number of hydrogen-bond donors (Lipinski definition) is 3. The van der Waals surface area contributed by atoms with Crippen LogP contribution in [0.2, 0.25) is 0 Å². The Hall–Kier alpha value is -3.84. The lowest BCUT2D eigenvalue weighted by Crippen LogP contribution is -2.56. The molecule has 1 aliphatic carbocycles. The highest BCUT2D eigenvalue weighted by molar-refractivity contribution is 6.10. The molecular formula is C31H33FN2O4. The Morgan fingerprint density at radius 2 is 1.39 bits per heavy atom. The van der Waals surface area contributed by atoms with Crippen molar-refractivity contribution < 1.29 is 23.9 Å². The molecule has 2 amide bonds. The topological polar surface area (TPSA) is 95.5 Å². The first-order valence-electron chi connectivity index (χ1n) is 12.6. The number of carbonyl (C=O) groups excluding carboxylic acids is 3. The predicted octanol–water partition coefficient (Wildman–Crippen LogP) is 5.38. The highest BCUT2D eigenvalue weighted by Gasteiger charge is 2.56. The Labute approximate surface area is 222 Å². The van der Waals surface area contributed by atoms with Crippen LogP contribution in [0.1, 0.15) is 47.1 Å². The summed E-state index contributed by atoms with van der Waals surface area (Å²) in [6.07, 6.45) is -0.423. The van der Waals surface area contributed by atoms with Gasteiger partial charge in [-0.05, 0) is 80.6 Å². The maximum Gasteiger partial charge on any atom is 0.235 e. The Balaban J connectivity index is 1.81. The minimum Gasteiger partial charge on any atom is -0.389 e. The van der Waals surface area contributed by atoms with Gasteiger partial charge in [0.2, 0.25) is 11.8 Å². The van der Waals surface area contributed by atoms with Gasteiger partial charge in [0.25, 0.3) is 0 Å². The molecule has 0 bridgehead atoms. The second-order valence-corrected chi connectivity index (χ2v) is 10.6. The first-order valence-corrected chi connectivity index (χ1v) is 12.6. The second-order valence-electron chi connectivity index (χ2n) is 10.6. The summed E-state index contributed by atoms with van der Waals surface area (Å²) in [7, 11) is 0. The van der Waals surface area contributed by atoms with Crippen LogP contribution in [0, 0.1) is 45.3 Å². The molecule has 4 atom stereocenters. The number of hydrogen-bond acceptors (Lipinski definition) is 4. The zero-order valence-corrected chi connectivity index (χ0v) is 22.3. The molecule has 0 spiro atoms. The van der Waals surface area contributed by atoms with Gasteiger partial charge in [-0.2, -0.15) is 0 Å². The summed E-state index contributed by atoms with van der Waals surface area (Å²) >= 11 is 0. The largest absolute Gasteiger partial charge is 0.389 e. The second kappa shape index (κ2) is 10.5. The van der Waals surface area contributed by atoms with Crippen molar-refractivity contribution in [2.75, 3.05) is 10.6 Å². The Bertz CT molecular complexity index is 1410. The van der Waals surface area contributed by atoms with Crippen molar-refractivity contribution in [3.05, 3.63) is 94.3 Å². The zero-order chi connectivity index (χ0) is 27.8. The van der Waals surface area contributed by atoms with Crippen LogP contribution in [-0.2, 0) is 14.4 Å². The van der Waals surface area contributed by atoms with E-state index in [-0.39, 0.29) is 5.56 Å². The quantitative estimate of drug-likeness (QED) is 0.397. The number of ketones is 1. The van der Waals surface area contributed by atoms with Gasteiger partial charge in [-0.1, -0.05) is 42.5 Å². The molecule has 3 aromatic rings. The molecule has 6 nitrogen and oxygen atoms in total. The lowest BCUT2D eigenvalue weighted by Gasteiger charge is -2.44. The van der Waals surface area contributed by atoms with E-state index < -0.39 is 53.2 Å². The van der Waals surface area contributed by atoms with Crippen LogP contribution in [0.15, 0.2) is 60.7 Å². The molecule has 1 aliphatic rings. The van der Waals surface area contributed by atoms with Gasteiger partial charge in [-0.15, -0.1) is 0 Å². The third-order valence-electron chi connectivity index (χ3n) is 7.40. The molecular weight excluding hydrogens is 483 g/mol. The molecule has 4 unspecified atom stereocenters. The fraction of sp³-hybridized carbons (Fsp3) is 0.323. The van der Waals surface area contributed by atoms with Crippen molar-refractivity contribution in [1.29, 1.82) is 0 Å². The first-order chi connectivity index (χ1) is 17.9. The molecule has 38 heavy (non-hydrogen) atoms. The fourth-order valence-electron chi connectivity index (χ4n) is 5.37. The summed E-state index contributed by atoms with van der Waals surface area (Å²) in [6.45, 7) is 8.84. The summed E-state index contributed by atoms with van der Waals surface area (Å²) in [6, 6.07) is 16.9. The number of aliphatic hydroxyl groups is 1. The van der Waals surface area contributed by atoms with Crippen LogP contribution in [0.3, 0.4) is 0 Å². The number of rotatable bonds is 5. The average molecular weight is 517 g/mol. The van der Waals surface area contributed by atoms with Gasteiger partial charge in [-0.3, -0.25) is 14.4 Å². The van der Waals surface area contributed by atoms with E-state index in [0.717, 1.165) is 22.3 Å². The summed E-state index contributed by atoms with van der Waals surface area (Å²) in [5, 5.41) is 17.1. The smallest absolute Gasteiger partial charge is 0.235 e. The van der Waals surface area contributed by atoms with Gasteiger partial charge in [0.1, 0.15) is 17.5 Å². The molecule has 198 valence electrons. The lowest BCUT2D eigenvalue weighted by molar-refractivity contribution is -0.150. The van der Waals surface area contributed by atoms with E-state index in [0.29, 0.717) is 11.4 Å². The van der Waals surface area contributed by atoms with Crippen molar-refractivity contribution in [3.63, 3.8) is 0 Å². The monoisotopic (exact) mass is 516 g/mol. The molecule has 0 radical (unpaired) electrons. The summed E-state index contributed by atoms with van der Waals surface area (Å²) in [5.41, 5.74) is 2.74. The van der Waals surface area contributed by atoms with Crippen LogP contribution in [0.4, 0.5) is 15.8 Å². The highest BCUT2D eigenvalue weighted by atomic mass is 19.1. The molecule has 0 heterocycles. The van der Waals surface area contributed by atoms with Gasteiger partial charge in [0.15, 0.2) is 0 Å². The molecule has 7 heteroatoms. The third kappa shape index (κ3) is 5.38. The van der Waals surface area contributed by atoms with Crippen molar-refractivity contribution >= 4 is 29.0 Å². The van der Waals surface area contributed by atoms with Crippen LogP contribution in [-0.4, -0.2) is 28.3 Å². The Morgan fingerprint density at radius 3 is 1.95 bits per heavy atom. The number of Topliss-reactive ketones (excluding diaryl/α,β-unsaturated/α-hetero) is 1. The lowest BCUT2D eigenvalue weighted by atomic mass is 9.61. The molecule has 3 aromatic carbocycles. The molecule has 0 aromatic heterocycles. The zero-order valence-electron chi connectivity index (χ0n) is 22.3. The molecule has 0 aliphatic heterocycles. The first kappa shape index (κ1) is 27.2. The maximum absolute atomic E-state index is 15.3. The molecule has 1 saturated carbocycles. The number of nitrogens with one attached hydrogen (secondary N) is 2. The van der Waals surface area contributed by atoms with E-state index in [2.05, 4.69) is 10.6 Å². The van der Waals surface area contributed by atoms with Gasteiger partial charge in [0, 0.05) is 23.7 Å². The van der Waals surface area contributed by atoms with Crippen molar-refractivity contribution in [2.24, 2.45) is 11.8 Å². The molecule has 3 N–H and O–H groups in total. The molecule has 0 saturated heterocycles. The minimum absolute atomic E-state index is 0.0306. The van der Waals surface area contributed by atoms with Crippen LogP contribution in [0.5, 0.6) is 0 Å². The third-order valence-corrected chi connectivity index (χ3v) is 7.40. The van der Waals surface area contributed by atoms with E-state index in [1.54, 1.807) is 18.2 Å².